The number of hydrogen-bond donors (Lipinski definition) is 1. The molecule has 1 aromatic rings. The lowest BCUT2D eigenvalue weighted by Crippen LogP contribution is -2.31. The first-order valence-corrected chi connectivity index (χ1v) is 6.18. The predicted molar refractivity (Wildman–Crippen MR) is 66.1 cm³/mol. The van der Waals surface area contributed by atoms with Gasteiger partial charge in [0.1, 0.15) is 0 Å². The van der Waals surface area contributed by atoms with Gasteiger partial charge in [-0.25, -0.2) is 0 Å². The number of nitrogens with zero attached hydrogens (tertiary/aromatic N) is 1. The van der Waals surface area contributed by atoms with E-state index in [4.69, 9.17) is 0 Å². The van der Waals surface area contributed by atoms with Crippen molar-refractivity contribution in [3.05, 3.63) is 29.3 Å². The predicted octanol–water partition coefficient (Wildman–Crippen LogP) is 1.66. The van der Waals surface area contributed by atoms with E-state index in [1.807, 2.05) is 7.05 Å². The third-order valence-electron chi connectivity index (χ3n) is 3.85. The lowest BCUT2D eigenvalue weighted by Gasteiger charge is -2.26. The fourth-order valence-electron chi connectivity index (χ4n) is 2.49. The topological polar surface area (TPSA) is 40.5 Å². The molecule has 1 aliphatic heterocycles. The third kappa shape index (κ3) is 1.95. The van der Waals surface area contributed by atoms with Crippen molar-refractivity contribution in [2.45, 2.75) is 37.7 Å². The quantitative estimate of drug-likeness (QED) is 0.841. The molecule has 3 rings (SSSR count). The number of carbonyl (C=O) groups is 1. The summed E-state index contributed by atoms with van der Waals surface area (Å²) in [5.41, 5.74) is 2.91. The molecule has 1 saturated carbocycles. The number of anilines is 1. The fourth-order valence-corrected chi connectivity index (χ4v) is 2.49. The molecule has 1 fully saturated rings. The van der Waals surface area contributed by atoms with E-state index in [1.54, 1.807) is 4.90 Å². The number of rotatable bonds is 2. The summed E-state index contributed by atoms with van der Waals surface area (Å²) >= 11 is 0. The number of hydrogen-bond acceptors (Lipinski definition) is 2. The van der Waals surface area contributed by atoms with Gasteiger partial charge in [0.05, 0.1) is 5.60 Å². The maximum Gasteiger partial charge on any atom is 0.227 e. The van der Waals surface area contributed by atoms with Gasteiger partial charge in [0.2, 0.25) is 5.91 Å². The first kappa shape index (κ1) is 10.8. The summed E-state index contributed by atoms with van der Waals surface area (Å²) in [4.78, 5) is 13.4. The van der Waals surface area contributed by atoms with E-state index < -0.39 is 5.60 Å². The molecule has 0 spiro atoms. The molecule has 90 valence electrons. The summed E-state index contributed by atoms with van der Waals surface area (Å²) in [5, 5.41) is 9.92. The van der Waals surface area contributed by atoms with Crippen LogP contribution in [-0.2, 0) is 17.6 Å². The lowest BCUT2D eigenvalue weighted by atomic mass is 9.97. The van der Waals surface area contributed by atoms with E-state index >= 15 is 0 Å². The molecule has 3 nitrogen and oxygen atoms in total. The van der Waals surface area contributed by atoms with Gasteiger partial charge in [-0.1, -0.05) is 12.1 Å². The monoisotopic (exact) mass is 231 g/mol. The van der Waals surface area contributed by atoms with Crippen molar-refractivity contribution in [1.82, 2.24) is 0 Å². The van der Waals surface area contributed by atoms with Crippen molar-refractivity contribution >= 4 is 11.6 Å². The molecule has 0 aromatic heterocycles. The Morgan fingerprint density at radius 3 is 2.82 bits per heavy atom. The number of aliphatic hydroxyl groups is 1. The largest absolute Gasteiger partial charge is 0.390 e. The molecule has 2 aliphatic rings. The molecule has 0 radical (unpaired) electrons. The number of aryl methyl sites for hydroxylation is 1. The SMILES string of the molecule is CN1C(=O)CCc2ccc(CC3(O)CC3)cc21. The zero-order valence-corrected chi connectivity index (χ0v) is 10.1. The zero-order chi connectivity index (χ0) is 12.0. The Balaban J connectivity index is 1.91. The zero-order valence-electron chi connectivity index (χ0n) is 10.1. The van der Waals surface area contributed by atoms with Crippen LogP contribution in [0.15, 0.2) is 18.2 Å². The van der Waals surface area contributed by atoms with Crippen LogP contribution in [0, 0.1) is 0 Å². The molecule has 1 aliphatic carbocycles. The molecule has 0 unspecified atom stereocenters. The molecule has 0 bridgehead atoms. The summed E-state index contributed by atoms with van der Waals surface area (Å²) in [7, 11) is 1.83. The second kappa shape index (κ2) is 3.57. The minimum atomic E-state index is -0.467. The van der Waals surface area contributed by atoms with Crippen LogP contribution in [0.4, 0.5) is 5.69 Å². The van der Waals surface area contributed by atoms with E-state index in [0.717, 1.165) is 30.5 Å². The van der Waals surface area contributed by atoms with Gasteiger partial charge in [-0.05, 0) is 36.5 Å². The van der Waals surface area contributed by atoms with Crippen molar-refractivity contribution in [2.75, 3.05) is 11.9 Å². The highest BCUT2D eigenvalue weighted by Crippen LogP contribution is 2.39. The van der Waals surface area contributed by atoms with Crippen molar-refractivity contribution in [3.63, 3.8) is 0 Å². The normalized spacial score (nSPS) is 21.3. The van der Waals surface area contributed by atoms with Gasteiger partial charge >= 0.3 is 0 Å². The Hall–Kier alpha value is -1.35. The van der Waals surface area contributed by atoms with Crippen LogP contribution < -0.4 is 4.90 Å². The van der Waals surface area contributed by atoms with E-state index in [-0.39, 0.29) is 5.91 Å². The number of benzene rings is 1. The Bertz CT molecular complexity index is 477. The van der Waals surface area contributed by atoms with Crippen LogP contribution in [0.1, 0.15) is 30.4 Å². The van der Waals surface area contributed by atoms with Gasteiger partial charge < -0.3 is 10.0 Å². The second-order valence-electron chi connectivity index (χ2n) is 5.32. The van der Waals surface area contributed by atoms with Gasteiger partial charge in [-0.15, -0.1) is 0 Å². The van der Waals surface area contributed by atoms with Gasteiger partial charge in [0.25, 0.3) is 0 Å². The maximum absolute atomic E-state index is 11.6. The average molecular weight is 231 g/mol. The Morgan fingerprint density at radius 2 is 2.12 bits per heavy atom. The first-order valence-electron chi connectivity index (χ1n) is 6.18. The van der Waals surface area contributed by atoms with Crippen LogP contribution >= 0.6 is 0 Å². The Morgan fingerprint density at radius 1 is 1.35 bits per heavy atom. The molecule has 1 N–H and O–H groups in total. The highest BCUT2D eigenvalue weighted by Gasteiger charge is 2.40. The molecule has 17 heavy (non-hydrogen) atoms. The van der Waals surface area contributed by atoms with Crippen LogP contribution in [0.25, 0.3) is 0 Å². The minimum Gasteiger partial charge on any atom is -0.390 e. The number of amides is 1. The maximum atomic E-state index is 11.6. The van der Waals surface area contributed by atoms with Gasteiger partial charge in [0.15, 0.2) is 0 Å². The Labute approximate surface area is 101 Å². The lowest BCUT2D eigenvalue weighted by molar-refractivity contribution is -0.118. The van der Waals surface area contributed by atoms with Crippen LogP contribution in [0.2, 0.25) is 0 Å². The van der Waals surface area contributed by atoms with E-state index in [0.29, 0.717) is 12.8 Å². The molecule has 0 atom stereocenters. The van der Waals surface area contributed by atoms with Gasteiger partial charge in [-0.3, -0.25) is 4.79 Å². The molecule has 3 heteroatoms. The second-order valence-corrected chi connectivity index (χ2v) is 5.32. The minimum absolute atomic E-state index is 0.180. The van der Waals surface area contributed by atoms with E-state index in [2.05, 4.69) is 18.2 Å². The summed E-state index contributed by atoms with van der Waals surface area (Å²) in [6.07, 6.45) is 3.95. The van der Waals surface area contributed by atoms with Crippen molar-refractivity contribution < 1.29 is 9.90 Å². The van der Waals surface area contributed by atoms with E-state index in [1.165, 1.54) is 5.56 Å². The van der Waals surface area contributed by atoms with Gasteiger partial charge in [-0.2, -0.15) is 0 Å². The summed E-state index contributed by atoms with van der Waals surface area (Å²) in [5.74, 6) is 0.180. The highest BCUT2D eigenvalue weighted by atomic mass is 16.3. The third-order valence-corrected chi connectivity index (χ3v) is 3.85. The van der Waals surface area contributed by atoms with E-state index in [9.17, 15) is 9.90 Å². The standard InChI is InChI=1S/C14H17NO2/c1-15-12-8-10(9-14(17)6-7-14)2-3-11(12)4-5-13(15)16/h2-3,8,17H,4-7,9H2,1H3. The van der Waals surface area contributed by atoms with Crippen molar-refractivity contribution in [3.8, 4) is 0 Å². The average Bonchev–Trinajstić information content (AvgIpc) is 3.02. The summed E-state index contributed by atoms with van der Waals surface area (Å²) in [6.45, 7) is 0. The summed E-state index contributed by atoms with van der Waals surface area (Å²) < 4.78 is 0. The molecular weight excluding hydrogens is 214 g/mol. The van der Waals surface area contributed by atoms with Crippen LogP contribution in [-0.4, -0.2) is 23.7 Å². The number of fused-ring (bicyclic) bond motifs is 1. The molecule has 0 saturated heterocycles. The first-order chi connectivity index (χ1) is 8.07. The van der Waals surface area contributed by atoms with Gasteiger partial charge in [0, 0.05) is 25.6 Å². The molecule has 1 amide bonds. The van der Waals surface area contributed by atoms with Crippen molar-refractivity contribution in [2.24, 2.45) is 0 Å². The highest BCUT2D eigenvalue weighted by molar-refractivity contribution is 5.95. The van der Waals surface area contributed by atoms with Crippen LogP contribution in [0.5, 0.6) is 0 Å². The molecule has 1 aromatic carbocycles. The molecule has 1 heterocycles. The fraction of sp³-hybridized carbons (Fsp3) is 0.500. The summed E-state index contributed by atoms with van der Waals surface area (Å²) in [6, 6.07) is 6.24. The van der Waals surface area contributed by atoms with Crippen LogP contribution in [0.3, 0.4) is 0 Å². The van der Waals surface area contributed by atoms with Crippen molar-refractivity contribution in [1.29, 1.82) is 0 Å². The number of carbonyl (C=O) groups excluding carboxylic acids is 1. The Kier molecular flexibility index (Phi) is 2.26. The molecular formula is C14H17NO2. The smallest absolute Gasteiger partial charge is 0.227 e.